The lowest BCUT2D eigenvalue weighted by molar-refractivity contribution is 0.550. The Morgan fingerprint density at radius 3 is 1.57 bits per heavy atom. The van der Waals surface area contributed by atoms with Gasteiger partial charge in [-0.2, -0.15) is 16.8 Å². The molecular formula is C6H3F2O4S2. The zero-order valence-electron chi connectivity index (χ0n) is 6.44. The molecule has 14 heavy (non-hydrogen) atoms. The average molecular weight is 241 g/mol. The average Bonchev–Trinajstić information content (AvgIpc) is 2.01. The zero-order valence-corrected chi connectivity index (χ0v) is 8.07. The SMILES string of the molecule is O=S(=O)(F)c1c[c]cc(S(=O)(=O)F)c1. The molecule has 0 amide bonds. The molecule has 0 atom stereocenters. The van der Waals surface area contributed by atoms with Crippen LogP contribution in [0.3, 0.4) is 0 Å². The van der Waals surface area contributed by atoms with E-state index in [2.05, 4.69) is 0 Å². The number of rotatable bonds is 2. The molecule has 1 radical (unpaired) electrons. The summed E-state index contributed by atoms with van der Waals surface area (Å²) >= 11 is 0. The molecule has 1 aromatic carbocycles. The molecule has 4 nitrogen and oxygen atoms in total. The first kappa shape index (κ1) is 11.1. The first-order valence-electron chi connectivity index (χ1n) is 3.12. The van der Waals surface area contributed by atoms with Crippen LogP contribution in [0.15, 0.2) is 28.0 Å². The highest BCUT2D eigenvalue weighted by atomic mass is 32.3. The van der Waals surface area contributed by atoms with E-state index < -0.39 is 30.2 Å². The van der Waals surface area contributed by atoms with E-state index >= 15 is 0 Å². The number of hydrogen-bond donors (Lipinski definition) is 0. The number of halogens is 2. The Bertz CT molecular complexity index is 500. The zero-order chi connectivity index (χ0) is 11.0. The topological polar surface area (TPSA) is 68.3 Å². The fourth-order valence-corrected chi connectivity index (χ4v) is 1.74. The second-order valence-corrected chi connectivity index (χ2v) is 4.97. The van der Waals surface area contributed by atoms with Crippen LogP contribution in [0.4, 0.5) is 7.77 Å². The van der Waals surface area contributed by atoms with Crippen LogP contribution in [0.2, 0.25) is 0 Å². The molecule has 0 aliphatic rings. The fourth-order valence-electron chi connectivity index (χ4n) is 0.711. The minimum absolute atomic E-state index is 0.376. The summed E-state index contributed by atoms with van der Waals surface area (Å²) in [6.45, 7) is 0. The van der Waals surface area contributed by atoms with E-state index in [1.807, 2.05) is 6.07 Å². The highest BCUT2D eigenvalue weighted by Gasteiger charge is 2.17. The molecule has 0 unspecified atom stereocenters. The summed E-state index contributed by atoms with van der Waals surface area (Å²) in [6.07, 6.45) is 0. The molecule has 0 saturated heterocycles. The Morgan fingerprint density at radius 1 is 0.929 bits per heavy atom. The maximum absolute atomic E-state index is 12.3. The van der Waals surface area contributed by atoms with Crippen molar-refractivity contribution in [3.05, 3.63) is 24.3 Å². The van der Waals surface area contributed by atoms with Crippen LogP contribution in [0, 0.1) is 6.07 Å². The Balaban J connectivity index is 3.44. The lowest BCUT2D eigenvalue weighted by atomic mass is 10.4. The molecule has 8 heteroatoms. The maximum Gasteiger partial charge on any atom is 0.332 e. The van der Waals surface area contributed by atoms with E-state index in [1.165, 1.54) is 0 Å². The predicted molar refractivity (Wildman–Crippen MR) is 41.9 cm³/mol. The van der Waals surface area contributed by atoms with Gasteiger partial charge in [0.25, 0.3) is 0 Å². The van der Waals surface area contributed by atoms with Gasteiger partial charge in [0, 0.05) is 0 Å². The highest BCUT2D eigenvalue weighted by molar-refractivity contribution is 7.87. The number of benzene rings is 1. The van der Waals surface area contributed by atoms with Gasteiger partial charge in [0.05, 0.1) is 0 Å². The molecular weight excluding hydrogens is 238 g/mol. The van der Waals surface area contributed by atoms with E-state index in [9.17, 15) is 24.6 Å². The summed E-state index contributed by atoms with van der Waals surface area (Å²) in [5.41, 5.74) is 0. The second kappa shape index (κ2) is 3.28. The molecule has 1 aromatic rings. The molecule has 0 spiro atoms. The fraction of sp³-hybridized carbons (Fsp3) is 0. The van der Waals surface area contributed by atoms with E-state index in [-0.39, 0.29) is 0 Å². The lowest BCUT2D eigenvalue weighted by Crippen LogP contribution is -1.96. The molecule has 0 saturated carbocycles. The molecule has 0 N–H and O–H groups in total. The van der Waals surface area contributed by atoms with Crippen molar-refractivity contribution in [3.63, 3.8) is 0 Å². The van der Waals surface area contributed by atoms with Crippen molar-refractivity contribution in [3.8, 4) is 0 Å². The Kier molecular flexibility index (Phi) is 2.59. The van der Waals surface area contributed by atoms with Gasteiger partial charge >= 0.3 is 20.4 Å². The van der Waals surface area contributed by atoms with Gasteiger partial charge in [0.2, 0.25) is 0 Å². The quantitative estimate of drug-likeness (QED) is 0.718. The van der Waals surface area contributed by atoms with Gasteiger partial charge in [-0.25, -0.2) is 0 Å². The smallest absolute Gasteiger partial charge is 0.189 e. The first-order valence-corrected chi connectivity index (χ1v) is 5.88. The summed E-state index contributed by atoms with van der Waals surface area (Å²) in [7, 11) is -10.1. The maximum atomic E-state index is 12.3. The van der Waals surface area contributed by atoms with Gasteiger partial charge in [-0.1, -0.05) is 0 Å². The van der Waals surface area contributed by atoms with Crippen LogP contribution < -0.4 is 0 Å². The van der Waals surface area contributed by atoms with Gasteiger partial charge in [-0.05, 0) is 24.3 Å². The molecule has 1 rings (SSSR count). The third-order valence-electron chi connectivity index (χ3n) is 1.30. The Labute approximate surface area is 79.6 Å². The van der Waals surface area contributed by atoms with Crippen molar-refractivity contribution in [1.29, 1.82) is 0 Å². The summed E-state index contributed by atoms with van der Waals surface area (Å²) in [5.74, 6) is 0. The van der Waals surface area contributed by atoms with Crippen molar-refractivity contribution in [2.24, 2.45) is 0 Å². The summed E-state index contributed by atoms with van der Waals surface area (Å²) in [4.78, 5) is -1.90. The molecule has 0 fully saturated rings. The molecule has 77 valence electrons. The van der Waals surface area contributed by atoms with Gasteiger partial charge in [0.1, 0.15) is 9.79 Å². The first-order chi connectivity index (χ1) is 6.21. The van der Waals surface area contributed by atoms with Crippen LogP contribution >= 0.6 is 0 Å². The van der Waals surface area contributed by atoms with Crippen LogP contribution in [-0.4, -0.2) is 16.8 Å². The monoisotopic (exact) mass is 241 g/mol. The van der Waals surface area contributed by atoms with Crippen LogP contribution in [0.5, 0.6) is 0 Å². The van der Waals surface area contributed by atoms with Crippen molar-refractivity contribution in [2.75, 3.05) is 0 Å². The van der Waals surface area contributed by atoms with E-state index in [0.717, 1.165) is 0 Å². The largest absolute Gasteiger partial charge is 0.332 e. The minimum atomic E-state index is -5.05. The molecule has 0 bridgehead atoms. The standard InChI is InChI=1S/C6H3F2O4S2/c7-13(9,10)5-2-1-3-6(4-5)14(8,11)12/h2-4H. The highest BCUT2D eigenvalue weighted by Crippen LogP contribution is 2.18. The summed E-state index contributed by atoms with van der Waals surface area (Å²) < 4.78 is 65.9. The van der Waals surface area contributed by atoms with Crippen LogP contribution in [0.25, 0.3) is 0 Å². The summed E-state index contributed by atoms with van der Waals surface area (Å²) in [5, 5.41) is 0. The minimum Gasteiger partial charge on any atom is -0.189 e. The third kappa shape index (κ3) is 2.48. The van der Waals surface area contributed by atoms with Gasteiger partial charge in [-0.15, -0.1) is 7.77 Å². The molecule has 0 aliphatic carbocycles. The predicted octanol–water partition coefficient (Wildman–Crippen LogP) is 0.803. The number of hydrogen-bond acceptors (Lipinski definition) is 4. The van der Waals surface area contributed by atoms with Crippen molar-refractivity contribution in [1.82, 2.24) is 0 Å². The molecule has 0 aromatic heterocycles. The van der Waals surface area contributed by atoms with E-state index in [1.54, 1.807) is 0 Å². The normalized spacial score (nSPS) is 12.7. The third-order valence-corrected chi connectivity index (χ3v) is 2.90. The second-order valence-electron chi connectivity index (χ2n) is 2.28. The van der Waals surface area contributed by atoms with Crippen LogP contribution in [0.1, 0.15) is 0 Å². The Morgan fingerprint density at radius 2 is 1.29 bits per heavy atom. The van der Waals surface area contributed by atoms with Crippen molar-refractivity contribution in [2.45, 2.75) is 9.79 Å². The lowest BCUT2D eigenvalue weighted by Gasteiger charge is -1.96. The molecule has 0 aliphatic heterocycles. The van der Waals surface area contributed by atoms with E-state index in [0.29, 0.717) is 18.2 Å². The van der Waals surface area contributed by atoms with Crippen LogP contribution in [-0.2, 0) is 20.4 Å². The van der Waals surface area contributed by atoms with Gasteiger partial charge in [0.15, 0.2) is 0 Å². The van der Waals surface area contributed by atoms with Gasteiger partial charge in [-0.3, -0.25) is 0 Å². The summed E-state index contributed by atoms with van der Waals surface area (Å²) in [6, 6.07) is 3.78. The van der Waals surface area contributed by atoms with Crippen molar-refractivity contribution >= 4 is 20.4 Å². The van der Waals surface area contributed by atoms with Gasteiger partial charge < -0.3 is 0 Å². The Hall–Kier alpha value is -1.02. The molecule has 0 heterocycles. The van der Waals surface area contributed by atoms with E-state index in [4.69, 9.17) is 0 Å². The van der Waals surface area contributed by atoms with Crippen molar-refractivity contribution < 1.29 is 24.6 Å².